The summed E-state index contributed by atoms with van der Waals surface area (Å²) in [6.07, 6.45) is 2.10. The molecule has 0 amide bonds. The van der Waals surface area contributed by atoms with E-state index in [0.29, 0.717) is 6.04 Å². The Kier molecular flexibility index (Phi) is 2.58. The van der Waals surface area contributed by atoms with E-state index in [0.717, 1.165) is 0 Å². The number of hydrogen-bond donors (Lipinski definition) is 0. The van der Waals surface area contributed by atoms with E-state index in [2.05, 4.69) is 66.8 Å². The van der Waals surface area contributed by atoms with Crippen LogP contribution >= 0.6 is 0 Å². The van der Waals surface area contributed by atoms with Gasteiger partial charge >= 0.3 is 0 Å². The Labute approximate surface area is 90.8 Å². The highest BCUT2D eigenvalue weighted by molar-refractivity contribution is 5.58. The summed E-state index contributed by atoms with van der Waals surface area (Å²) in [5, 5.41) is 0. The van der Waals surface area contributed by atoms with Crippen molar-refractivity contribution in [2.45, 2.75) is 19.9 Å². The highest BCUT2D eigenvalue weighted by Crippen LogP contribution is 2.20. The van der Waals surface area contributed by atoms with E-state index < -0.39 is 0 Å². The zero-order valence-corrected chi connectivity index (χ0v) is 9.51. The molecule has 15 heavy (non-hydrogen) atoms. The fourth-order valence-electron chi connectivity index (χ4n) is 1.98. The van der Waals surface area contributed by atoms with Gasteiger partial charge in [-0.1, -0.05) is 30.3 Å². The normalized spacial score (nSPS) is 10.9. The fourth-order valence-corrected chi connectivity index (χ4v) is 1.98. The third-order valence-corrected chi connectivity index (χ3v) is 2.59. The largest absolute Gasteiger partial charge is 0.196 e. The van der Waals surface area contributed by atoms with Gasteiger partial charge in [-0.15, -0.1) is 4.68 Å². The fraction of sp³-hybridized carbons (Fsp3) is 0.308. The zero-order chi connectivity index (χ0) is 10.8. The molecule has 0 N–H and O–H groups in total. The van der Waals surface area contributed by atoms with Crippen molar-refractivity contribution in [3.63, 3.8) is 0 Å². The van der Waals surface area contributed by atoms with Crippen LogP contribution in [0.4, 0.5) is 0 Å². The molecular formula is C13H17N2+. The summed E-state index contributed by atoms with van der Waals surface area (Å²) >= 11 is 0. The van der Waals surface area contributed by atoms with Crippen molar-refractivity contribution in [3.05, 3.63) is 42.6 Å². The lowest BCUT2D eigenvalue weighted by Crippen LogP contribution is -2.39. The van der Waals surface area contributed by atoms with Gasteiger partial charge in [-0.05, 0) is 13.8 Å². The van der Waals surface area contributed by atoms with Crippen molar-refractivity contribution in [2.75, 3.05) is 0 Å². The quantitative estimate of drug-likeness (QED) is 0.660. The highest BCUT2D eigenvalue weighted by atomic mass is 15.4. The van der Waals surface area contributed by atoms with E-state index in [1.165, 1.54) is 11.3 Å². The summed E-state index contributed by atoms with van der Waals surface area (Å²) in [5.74, 6) is 0. The van der Waals surface area contributed by atoms with Crippen LogP contribution in [0.1, 0.15) is 19.9 Å². The molecular weight excluding hydrogens is 184 g/mol. The average Bonchev–Trinajstić information content (AvgIpc) is 2.61. The van der Waals surface area contributed by atoms with E-state index in [1.54, 1.807) is 0 Å². The molecule has 1 heterocycles. The SMILES string of the molecule is CC(C)n1c(-c2ccccc2)cc[n+]1C. The molecule has 0 fully saturated rings. The second-order valence-electron chi connectivity index (χ2n) is 4.08. The van der Waals surface area contributed by atoms with Crippen LogP contribution < -0.4 is 4.68 Å². The molecule has 2 heteroatoms. The molecule has 78 valence electrons. The van der Waals surface area contributed by atoms with Gasteiger partial charge in [0, 0.05) is 11.6 Å². The van der Waals surface area contributed by atoms with E-state index >= 15 is 0 Å². The zero-order valence-electron chi connectivity index (χ0n) is 9.51. The Morgan fingerprint density at radius 1 is 1.07 bits per heavy atom. The first-order valence-electron chi connectivity index (χ1n) is 5.32. The van der Waals surface area contributed by atoms with Gasteiger partial charge in [0.2, 0.25) is 0 Å². The second kappa shape index (κ2) is 3.89. The first kappa shape index (κ1) is 9.97. The molecule has 0 aliphatic heterocycles. The predicted octanol–water partition coefficient (Wildman–Crippen LogP) is 2.56. The van der Waals surface area contributed by atoms with Crippen LogP contribution in [0.15, 0.2) is 42.6 Å². The van der Waals surface area contributed by atoms with Crippen molar-refractivity contribution in [2.24, 2.45) is 7.05 Å². The molecule has 0 unspecified atom stereocenters. The number of benzene rings is 1. The number of hydrogen-bond acceptors (Lipinski definition) is 0. The minimum atomic E-state index is 0.472. The maximum Gasteiger partial charge on any atom is 0.196 e. The molecule has 0 bridgehead atoms. The summed E-state index contributed by atoms with van der Waals surface area (Å²) in [7, 11) is 2.08. The molecule has 0 aliphatic rings. The summed E-state index contributed by atoms with van der Waals surface area (Å²) < 4.78 is 4.42. The Morgan fingerprint density at radius 3 is 2.33 bits per heavy atom. The highest BCUT2D eigenvalue weighted by Gasteiger charge is 2.15. The van der Waals surface area contributed by atoms with Gasteiger partial charge < -0.3 is 0 Å². The summed E-state index contributed by atoms with van der Waals surface area (Å²) in [5.41, 5.74) is 2.54. The summed E-state index contributed by atoms with van der Waals surface area (Å²) in [6.45, 7) is 4.40. The molecule has 1 aromatic heterocycles. The molecule has 0 saturated carbocycles. The number of nitrogens with zero attached hydrogens (tertiary/aromatic N) is 2. The third kappa shape index (κ3) is 1.80. The van der Waals surface area contributed by atoms with E-state index in [-0.39, 0.29) is 0 Å². The summed E-state index contributed by atoms with van der Waals surface area (Å²) in [6, 6.07) is 13.1. The van der Waals surface area contributed by atoms with Gasteiger partial charge in [0.15, 0.2) is 13.2 Å². The van der Waals surface area contributed by atoms with Crippen LogP contribution in [-0.2, 0) is 7.05 Å². The van der Waals surface area contributed by atoms with E-state index in [4.69, 9.17) is 0 Å². The number of aryl methyl sites for hydroxylation is 1. The van der Waals surface area contributed by atoms with Crippen LogP contribution in [0.5, 0.6) is 0 Å². The lowest BCUT2D eigenvalue weighted by molar-refractivity contribution is -0.754. The first-order chi connectivity index (χ1) is 7.20. The molecule has 2 rings (SSSR count). The molecule has 0 saturated heterocycles. The van der Waals surface area contributed by atoms with Gasteiger partial charge in [0.1, 0.15) is 5.69 Å². The molecule has 2 aromatic rings. The minimum Gasteiger partial charge on any atom is -0.151 e. The number of rotatable bonds is 2. The topological polar surface area (TPSA) is 8.81 Å². The Bertz CT molecular complexity index is 441. The minimum absolute atomic E-state index is 0.472. The van der Waals surface area contributed by atoms with Gasteiger partial charge in [0.25, 0.3) is 0 Å². The molecule has 0 radical (unpaired) electrons. The predicted molar refractivity (Wildman–Crippen MR) is 61.4 cm³/mol. The Balaban J connectivity index is 2.54. The molecule has 0 atom stereocenters. The first-order valence-corrected chi connectivity index (χ1v) is 5.32. The van der Waals surface area contributed by atoms with Gasteiger partial charge in [-0.25, -0.2) is 0 Å². The van der Waals surface area contributed by atoms with Crippen LogP contribution in [0.3, 0.4) is 0 Å². The molecule has 1 aromatic carbocycles. The van der Waals surface area contributed by atoms with E-state index in [9.17, 15) is 0 Å². The molecule has 2 nitrogen and oxygen atoms in total. The van der Waals surface area contributed by atoms with E-state index in [1.807, 2.05) is 6.07 Å². The molecule has 0 spiro atoms. The van der Waals surface area contributed by atoms with Crippen molar-refractivity contribution in [3.8, 4) is 11.3 Å². The Morgan fingerprint density at radius 2 is 1.73 bits per heavy atom. The van der Waals surface area contributed by atoms with Crippen LogP contribution in [0, 0.1) is 0 Å². The lowest BCUT2D eigenvalue weighted by Gasteiger charge is -2.08. The summed E-state index contributed by atoms with van der Waals surface area (Å²) in [4.78, 5) is 0. The second-order valence-corrected chi connectivity index (χ2v) is 4.08. The van der Waals surface area contributed by atoms with Crippen LogP contribution in [-0.4, -0.2) is 4.68 Å². The number of aromatic nitrogens is 2. The monoisotopic (exact) mass is 201 g/mol. The van der Waals surface area contributed by atoms with Crippen LogP contribution in [0.25, 0.3) is 11.3 Å². The average molecular weight is 201 g/mol. The standard InChI is InChI=1S/C13H17N2/c1-11(2)15-13(9-10-14(15)3)12-7-5-4-6-8-12/h4-11H,1-3H3/q+1. The van der Waals surface area contributed by atoms with Crippen molar-refractivity contribution < 1.29 is 4.68 Å². The smallest absolute Gasteiger partial charge is 0.151 e. The maximum absolute atomic E-state index is 2.29. The Hall–Kier alpha value is -1.57. The van der Waals surface area contributed by atoms with Crippen molar-refractivity contribution >= 4 is 0 Å². The molecule has 0 aliphatic carbocycles. The van der Waals surface area contributed by atoms with Gasteiger partial charge in [-0.2, -0.15) is 4.68 Å². The van der Waals surface area contributed by atoms with Crippen LogP contribution in [0.2, 0.25) is 0 Å². The van der Waals surface area contributed by atoms with Crippen molar-refractivity contribution in [1.29, 1.82) is 0 Å². The maximum atomic E-state index is 2.29. The third-order valence-electron chi connectivity index (χ3n) is 2.59. The van der Waals surface area contributed by atoms with Gasteiger partial charge in [-0.3, -0.25) is 0 Å². The van der Waals surface area contributed by atoms with Gasteiger partial charge in [0.05, 0.1) is 6.04 Å². The lowest BCUT2D eigenvalue weighted by atomic mass is 10.1. The van der Waals surface area contributed by atoms with Crippen molar-refractivity contribution in [1.82, 2.24) is 4.68 Å².